The van der Waals surface area contributed by atoms with Gasteiger partial charge in [0.25, 0.3) is 0 Å². The first-order chi connectivity index (χ1) is 32.0. The Morgan fingerprint density at radius 1 is 0.627 bits per heavy atom. The highest BCUT2D eigenvalue weighted by Crippen LogP contribution is 2.42. The second kappa shape index (κ2) is 18.8. The van der Waals surface area contributed by atoms with Crippen molar-refractivity contribution in [2.24, 2.45) is 0 Å². The molecule has 4 aromatic heterocycles. The third kappa shape index (κ3) is 8.93. The molecule has 0 bridgehead atoms. The number of benzene rings is 6. The Kier molecular flexibility index (Phi) is 13.1. The molecule has 0 saturated heterocycles. The van der Waals surface area contributed by atoms with Gasteiger partial charge in [0.15, 0.2) is 5.75 Å². The minimum absolute atomic E-state index is 0.241. The SMILES string of the molecule is COC(=O)c1cc(Br)c2cccnc2c1-c1cccc2c1oc1ccccc12.COC(=O)c1cc(Br)c2cccnc2c1OS(=O)(=O)C(F)(F)F.OB(O)c1cccc2c1oc1ccccc12. The van der Waals surface area contributed by atoms with Gasteiger partial charge >= 0.3 is 34.7 Å². The number of ether oxygens (including phenoxy) is 2. The van der Waals surface area contributed by atoms with E-state index in [1.807, 2.05) is 84.9 Å². The first-order valence-electron chi connectivity index (χ1n) is 19.5. The van der Waals surface area contributed by atoms with Crippen LogP contribution in [0.1, 0.15) is 20.7 Å². The number of fused-ring (bicyclic) bond motifs is 8. The van der Waals surface area contributed by atoms with Gasteiger partial charge in [-0.15, -0.1) is 0 Å². The van der Waals surface area contributed by atoms with Crippen molar-refractivity contribution in [3.8, 4) is 16.9 Å². The van der Waals surface area contributed by atoms with E-state index in [4.69, 9.17) is 13.6 Å². The van der Waals surface area contributed by atoms with Crippen LogP contribution in [0.2, 0.25) is 0 Å². The smallest absolute Gasteiger partial charge is 0.465 e. The number of halogens is 5. The Hall–Kier alpha value is -6.84. The summed E-state index contributed by atoms with van der Waals surface area (Å²) in [6, 6.07) is 36.5. The van der Waals surface area contributed by atoms with Gasteiger partial charge in [0, 0.05) is 70.2 Å². The lowest BCUT2D eigenvalue weighted by molar-refractivity contribution is -0.0500. The van der Waals surface area contributed by atoms with Crippen LogP contribution in [0.4, 0.5) is 13.2 Å². The molecular weight excluding hydrogens is 1030 g/mol. The van der Waals surface area contributed by atoms with Gasteiger partial charge in [0.2, 0.25) is 0 Å². The number of hydrogen-bond donors (Lipinski definition) is 2. The zero-order valence-corrected chi connectivity index (χ0v) is 38.5. The molecule has 10 rings (SSSR count). The predicted octanol–water partition coefficient (Wildman–Crippen LogP) is 10.6. The number of carbonyl (C=O) groups excluding carboxylic acids is 2. The molecule has 2 N–H and O–H groups in total. The first-order valence-corrected chi connectivity index (χ1v) is 22.5. The molecule has 67 heavy (non-hydrogen) atoms. The summed E-state index contributed by atoms with van der Waals surface area (Å²) in [6.07, 6.45) is 2.93. The molecule has 0 aliphatic heterocycles. The van der Waals surface area contributed by atoms with Gasteiger partial charge in [-0.25, -0.2) is 9.59 Å². The van der Waals surface area contributed by atoms with Gasteiger partial charge in [0.1, 0.15) is 33.4 Å². The molecule has 0 aliphatic carbocycles. The van der Waals surface area contributed by atoms with Crippen LogP contribution in [0.3, 0.4) is 0 Å². The average molecular weight is 1060 g/mol. The molecule has 13 nitrogen and oxygen atoms in total. The van der Waals surface area contributed by atoms with Crippen molar-refractivity contribution >= 4 is 132 Å². The van der Waals surface area contributed by atoms with E-state index in [1.54, 1.807) is 24.4 Å². The third-order valence-corrected chi connectivity index (χ3v) is 12.6. The maximum absolute atomic E-state index is 12.6. The number of esters is 2. The van der Waals surface area contributed by atoms with Crippen LogP contribution in [-0.4, -0.2) is 67.2 Å². The summed E-state index contributed by atoms with van der Waals surface area (Å²) in [5.74, 6) is -2.35. The summed E-state index contributed by atoms with van der Waals surface area (Å²) in [4.78, 5) is 32.7. The molecule has 0 radical (unpaired) electrons. The predicted molar refractivity (Wildman–Crippen MR) is 253 cm³/mol. The van der Waals surface area contributed by atoms with Crippen molar-refractivity contribution < 1.29 is 63.7 Å². The van der Waals surface area contributed by atoms with Gasteiger partial charge in [-0.1, -0.05) is 117 Å². The second-order valence-electron chi connectivity index (χ2n) is 14.3. The van der Waals surface area contributed by atoms with E-state index in [0.29, 0.717) is 32.2 Å². The molecule has 0 spiro atoms. The normalized spacial score (nSPS) is 11.6. The summed E-state index contributed by atoms with van der Waals surface area (Å²) in [7, 11) is -5.13. The number of alkyl halides is 3. The zero-order chi connectivity index (χ0) is 47.8. The van der Waals surface area contributed by atoms with Crippen LogP contribution in [0.5, 0.6) is 5.75 Å². The topological polar surface area (TPSA) is 188 Å². The molecule has 0 fully saturated rings. The number of methoxy groups -OCH3 is 2. The molecule has 20 heteroatoms. The molecule has 10 aromatic rings. The van der Waals surface area contributed by atoms with Crippen LogP contribution in [-0.2, 0) is 19.6 Å². The van der Waals surface area contributed by atoms with Crippen molar-refractivity contribution in [2.75, 3.05) is 14.2 Å². The van der Waals surface area contributed by atoms with E-state index in [-0.39, 0.29) is 10.9 Å². The Morgan fingerprint density at radius 2 is 1.10 bits per heavy atom. The van der Waals surface area contributed by atoms with E-state index < -0.39 is 46.0 Å². The number of furan rings is 2. The highest BCUT2D eigenvalue weighted by Gasteiger charge is 2.49. The Labute approximate surface area is 394 Å². The molecule has 0 saturated carbocycles. The van der Waals surface area contributed by atoms with Crippen LogP contribution in [0, 0.1) is 0 Å². The molecule has 6 aromatic carbocycles. The van der Waals surface area contributed by atoms with Gasteiger partial charge in [0.05, 0.1) is 25.3 Å². The van der Waals surface area contributed by atoms with Gasteiger partial charge in [-0.3, -0.25) is 9.97 Å². The summed E-state index contributed by atoms with van der Waals surface area (Å²) in [5.41, 5.74) is -0.526. The lowest BCUT2D eigenvalue weighted by Crippen LogP contribution is -2.29. The fourth-order valence-electron chi connectivity index (χ4n) is 7.34. The number of aromatic nitrogens is 2. The second-order valence-corrected chi connectivity index (χ2v) is 17.5. The third-order valence-electron chi connectivity index (χ3n) is 10.3. The van der Waals surface area contributed by atoms with E-state index in [9.17, 15) is 41.2 Å². The highest BCUT2D eigenvalue weighted by molar-refractivity contribution is 9.11. The zero-order valence-electron chi connectivity index (χ0n) is 34.5. The van der Waals surface area contributed by atoms with Crippen molar-refractivity contribution in [1.29, 1.82) is 0 Å². The number of hydrogen-bond acceptors (Lipinski definition) is 13. The van der Waals surface area contributed by atoms with Crippen LogP contribution >= 0.6 is 31.9 Å². The summed E-state index contributed by atoms with van der Waals surface area (Å²) < 4.78 is 86.8. The summed E-state index contributed by atoms with van der Waals surface area (Å²) in [5, 5.41) is 23.6. The number of carbonyl (C=O) groups is 2. The van der Waals surface area contributed by atoms with E-state index in [1.165, 1.54) is 25.4 Å². The van der Waals surface area contributed by atoms with E-state index in [2.05, 4.69) is 50.7 Å². The van der Waals surface area contributed by atoms with Crippen molar-refractivity contribution in [3.63, 3.8) is 0 Å². The highest BCUT2D eigenvalue weighted by atomic mass is 79.9. The average Bonchev–Trinajstić information content (AvgIpc) is 3.91. The van der Waals surface area contributed by atoms with Gasteiger partial charge < -0.3 is 32.5 Å². The molecular formula is C47H30BBr2F3N2O11S. The maximum atomic E-state index is 12.6. The van der Waals surface area contributed by atoms with Crippen molar-refractivity contribution in [2.45, 2.75) is 5.51 Å². The minimum atomic E-state index is -5.98. The Balaban J connectivity index is 0.000000141. The van der Waals surface area contributed by atoms with Gasteiger partial charge in [-0.05, 0) is 36.4 Å². The monoisotopic (exact) mass is 1060 g/mol. The Morgan fingerprint density at radius 3 is 1.69 bits per heavy atom. The standard InChI is InChI=1S/C23H14BrNO3.C12H9BO3.C12H7BrF3NO5S/c1-27-23(26)17-12-18(24)15-9-5-11-25-21(15)20(17)16-8-4-7-14-13-6-2-3-10-19(13)28-22(14)16;14-13(15)10-6-3-5-9-8-4-1-2-7-11(8)16-12(9)10;1-21-11(18)7-5-8(13)6-3-2-4-17-9(6)10(7)22-23(19,20)12(14,15)16/h2-12H,1H3;1-7,14-15H;2-5H,1H3. The number of nitrogens with zero attached hydrogens (tertiary/aromatic N) is 2. The van der Waals surface area contributed by atoms with Crippen LogP contribution < -0.4 is 9.65 Å². The fourth-order valence-corrected chi connectivity index (χ4v) is 8.92. The fraction of sp³-hybridized carbons (Fsp3) is 0.0638. The van der Waals surface area contributed by atoms with Crippen LogP contribution in [0.25, 0.3) is 76.8 Å². The van der Waals surface area contributed by atoms with E-state index >= 15 is 0 Å². The number of pyridine rings is 2. The maximum Gasteiger partial charge on any atom is 0.534 e. The largest absolute Gasteiger partial charge is 0.534 e. The molecule has 4 heterocycles. The van der Waals surface area contributed by atoms with E-state index in [0.717, 1.165) is 66.9 Å². The molecule has 0 atom stereocenters. The van der Waals surface area contributed by atoms with Gasteiger partial charge in [-0.2, -0.15) is 21.6 Å². The lowest BCUT2D eigenvalue weighted by atomic mass is 9.79. The summed E-state index contributed by atoms with van der Waals surface area (Å²) >= 11 is 6.68. The quantitative estimate of drug-likeness (QED) is 0.0693. The first kappa shape index (κ1) is 46.7. The molecule has 338 valence electrons. The number of para-hydroxylation sites is 4. The molecule has 0 aliphatic rings. The lowest BCUT2D eigenvalue weighted by Gasteiger charge is -2.14. The van der Waals surface area contributed by atoms with Crippen molar-refractivity contribution in [3.05, 3.63) is 154 Å². The van der Waals surface area contributed by atoms with Crippen LogP contribution in [0.15, 0.2) is 152 Å². The number of rotatable bonds is 6. The molecule has 0 amide bonds. The van der Waals surface area contributed by atoms with Crippen molar-refractivity contribution in [1.82, 2.24) is 9.97 Å². The summed E-state index contributed by atoms with van der Waals surface area (Å²) in [6.45, 7) is 0. The Bertz CT molecular complexity index is 3680. The molecule has 0 unspecified atom stereocenters. The minimum Gasteiger partial charge on any atom is -0.465 e.